The van der Waals surface area contributed by atoms with Gasteiger partial charge in [-0.15, -0.1) is 0 Å². The number of likely N-dealkylation sites (tertiary alicyclic amines) is 1. The minimum atomic E-state index is -0.573. The van der Waals surface area contributed by atoms with Gasteiger partial charge in [0, 0.05) is 11.0 Å². The second-order valence-electron chi connectivity index (χ2n) is 7.36. The lowest BCUT2D eigenvalue weighted by atomic mass is 10.0. The molecule has 8 nitrogen and oxygen atoms in total. The topological polar surface area (TPSA) is 125 Å². The Labute approximate surface area is 184 Å². The summed E-state index contributed by atoms with van der Waals surface area (Å²) in [6.45, 7) is 4.62. The molecule has 3 atom stereocenters. The molecule has 1 aliphatic heterocycles. The summed E-state index contributed by atoms with van der Waals surface area (Å²) in [6.07, 6.45) is 2.34. The van der Waals surface area contributed by atoms with Gasteiger partial charge in [-0.1, -0.05) is 41.9 Å². The monoisotopic (exact) mass is 475 g/mol. The molecule has 1 aromatic carbocycles. The molecule has 0 aliphatic carbocycles. The number of nitriles is 1. The maximum atomic E-state index is 12.8. The highest BCUT2D eigenvalue weighted by atomic mass is 79.9. The third-order valence-corrected chi connectivity index (χ3v) is 5.46. The highest BCUT2D eigenvalue weighted by Crippen LogP contribution is 2.35. The van der Waals surface area contributed by atoms with Crippen molar-refractivity contribution in [1.82, 2.24) is 14.9 Å². The molecular weight excluding hydrogens is 450 g/mol. The number of ether oxygens (including phenoxy) is 1. The van der Waals surface area contributed by atoms with Crippen LogP contribution in [0.2, 0.25) is 0 Å². The van der Waals surface area contributed by atoms with E-state index in [4.69, 9.17) is 10.5 Å². The molecule has 0 spiro atoms. The van der Waals surface area contributed by atoms with Crippen LogP contribution < -0.4 is 5.73 Å². The first kappa shape index (κ1) is 23.6. The molecule has 3 unspecified atom stereocenters. The Morgan fingerprint density at radius 3 is 2.60 bits per heavy atom. The van der Waals surface area contributed by atoms with E-state index in [1.807, 2.05) is 38.1 Å². The van der Waals surface area contributed by atoms with E-state index in [2.05, 4.69) is 36.7 Å². The van der Waals surface area contributed by atoms with Crippen LogP contribution in [0.1, 0.15) is 32.1 Å². The number of halogens is 1. The summed E-state index contributed by atoms with van der Waals surface area (Å²) in [4.78, 5) is 31.3. The number of nitrogens with two attached hydrogens (primary N) is 1. The molecule has 2 heterocycles. The first-order chi connectivity index (χ1) is 14.3. The number of imidazole rings is 1. The van der Waals surface area contributed by atoms with E-state index in [1.54, 1.807) is 11.1 Å². The Morgan fingerprint density at radius 2 is 2.07 bits per heavy atom. The average molecular weight is 476 g/mol. The number of benzene rings is 1. The van der Waals surface area contributed by atoms with Crippen LogP contribution in [0.25, 0.3) is 11.3 Å². The number of aromatic amines is 1. The van der Waals surface area contributed by atoms with Crippen LogP contribution in [-0.4, -0.2) is 46.9 Å². The Kier molecular flexibility index (Phi) is 8.57. The molecule has 1 aliphatic rings. The number of hydrogen-bond acceptors (Lipinski definition) is 6. The minimum Gasteiger partial charge on any atom is -0.471 e. The van der Waals surface area contributed by atoms with Crippen LogP contribution in [0.3, 0.4) is 0 Å². The Balaban J connectivity index is 0.000000735. The summed E-state index contributed by atoms with van der Waals surface area (Å²) in [7, 11) is 1.31. The maximum Gasteiger partial charge on any atom is 0.292 e. The van der Waals surface area contributed by atoms with Crippen molar-refractivity contribution in [3.05, 3.63) is 40.8 Å². The fourth-order valence-corrected chi connectivity index (χ4v) is 3.46. The molecule has 0 saturated carbocycles. The van der Waals surface area contributed by atoms with Gasteiger partial charge in [-0.05, 0) is 30.0 Å². The number of H-pyrrole nitrogens is 1. The van der Waals surface area contributed by atoms with Gasteiger partial charge in [0.05, 0.1) is 43.1 Å². The molecule has 1 fully saturated rings. The molecule has 30 heavy (non-hydrogen) atoms. The molecule has 3 N–H and O–H groups in total. The lowest BCUT2D eigenvalue weighted by Gasteiger charge is -2.27. The molecule has 1 aromatic heterocycles. The van der Waals surface area contributed by atoms with Crippen LogP contribution >= 0.6 is 15.9 Å². The second kappa shape index (κ2) is 10.9. The van der Waals surface area contributed by atoms with Crippen LogP contribution in [-0.2, 0) is 14.3 Å². The number of nitrogens with one attached hydrogen (secondary N) is 1. The zero-order valence-electron chi connectivity index (χ0n) is 17.2. The van der Waals surface area contributed by atoms with Crippen molar-refractivity contribution in [3.8, 4) is 17.3 Å². The van der Waals surface area contributed by atoms with Crippen LogP contribution in [0.4, 0.5) is 0 Å². The summed E-state index contributed by atoms with van der Waals surface area (Å²) < 4.78 is 4.87. The van der Waals surface area contributed by atoms with Gasteiger partial charge in [0.25, 0.3) is 6.47 Å². The SMILES string of the molecule is CC(C)C(N)C(=O)N1CC(C#N)CC1c1ncc(-c2ccc(Br)cc2)[nH]1.COC=O. The number of carbonyl (C=O) groups is 2. The van der Waals surface area contributed by atoms with Crippen LogP contribution in [0.15, 0.2) is 34.9 Å². The van der Waals surface area contributed by atoms with Crippen molar-refractivity contribution in [2.75, 3.05) is 13.7 Å². The van der Waals surface area contributed by atoms with Gasteiger partial charge in [-0.2, -0.15) is 5.26 Å². The van der Waals surface area contributed by atoms with Crippen molar-refractivity contribution >= 4 is 28.3 Å². The fraction of sp³-hybridized carbons (Fsp3) is 0.429. The van der Waals surface area contributed by atoms with E-state index in [9.17, 15) is 10.1 Å². The van der Waals surface area contributed by atoms with Crippen molar-refractivity contribution in [2.45, 2.75) is 32.4 Å². The molecule has 160 valence electrons. The van der Waals surface area contributed by atoms with E-state index >= 15 is 0 Å². The molecule has 1 saturated heterocycles. The van der Waals surface area contributed by atoms with E-state index < -0.39 is 6.04 Å². The third kappa shape index (κ3) is 5.68. The first-order valence-electron chi connectivity index (χ1n) is 9.55. The molecule has 9 heteroatoms. The summed E-state index contributed by atoms with van der Waals surface area (Å²) in [5, 5.41) is 9.33. The van der Waals surface area contributed by atoms with Crippen molar-refractivity contribution < 1.29 is 14.3 Å². The number of aromatic nitrogens is 2. The van der Waals surface area contributed by atoms with Gasteiger partial charge in [-0.3, -0.25) is 9.59 Å². The van der Waals surface area contributed by atoms with Gasteiger partial charge < -0.3 is 20.4 Å². The Morgan fingerprint density at radius 1 is 1.43 bits per heavy atom. The average Bonchev–Trinajstić information content (AvgIpc) is 3.40. The zero-order valence-corrected chi connectivity index (χ0v) is 18.8. The van der Waals surface area contributed by atoms with Gasteiger partial charge in [-0.25, -0.2) is 4.98 Å². The van der Waals surface area contributed by atoms with Crippen molar-refractivity contribution in [1.29, 1.82) is 5.26 Å². The number of hydrogen-bond donors (Lipinski definition) is 2. The maximum absolute atomic E-state index is 12.8. The summed E-state index contributed by atoms with van der Waals surface area (Å²) in [5.41, 5.74) is 7.96. The Bertz CT molecular complexity index is 891. The van der Waals surface area contributed by atoms with E-state index in [0.29, 0.717) is 25.3 Å². The number of rotatable bonds is 5. The van der Waals surface area contributed by atoms with E-state index in [0.717, 1.165) is 15.7 Å². The quantitative estimate of drug-likeness (QED) is 0.640. The summed E-state index contributed by atoms with van der Waals surface area (Å²) in [5.74, 6) is 0.415. The number of methoxy groups -OCH3 is 1. The fourth-order valence-electron chi connectivity index (χ4n) is 3.19. The largest absolute Gasteiger partial charge is 0.471 e. The predicted octanol–water partition coefficient (Wildman–Crippen LogP) is 3.02. The lowest BCUT2D eigenvalue weighted by molar-refractivity contribution is -0.134. The first-order valence-corrected chi connectivity index (χ1v) is 10.3. The van der Waals surface area contributed by atoms with Crippen LogP contribution in [0, 0.1) is 23.2 Å². The zero-order chi connectivity index (χ0) is 22.3. The number of amides is 1. The van der Waals surface area contributed by atoms with Crippen molar-refractivity contribution in [3.63, 3.8) is 0 Å². The number of carbonyl (C=O) groups excluding carboxylic acids is 2. The molecule has 3 rings (SSSR count). The van der Waals surface area contributed by atoms with Gasteiger partial charge >= 0.3 is 0 Å². The third-order valence-electron chi connectivity index (χ3n) is 4.93. The highest BCUT2D eigenvalue weighted by Gasteiger charge is 2.40. The van der Waals surface area contributed by atoms with Gasteiger partial charge in [0.15, 0.2) is 0 Å². The van der Waals surface area contributed by atoms with E-state index in [1.165, 1.54) is 7.11 Å². The van der Waals surface area contributed by atoms with Gasteiger partial charge in [0.2, 0.25) is 5.91 Å². The summed E-state index contributed by atoms with van der Waals surface area (Å²) >= 11 is 3.43. The predicted molar refractivity (Wildman–Crippen MR) is 116 cm³/mol. The molecular formula is C21H26BrN5O3. The molecule has 0 radical (unpaired) electrons. The molecule has 0 bridgehead atoms. The smallest absolute Gasteiger partial charge is 0.292 e. The minimum absolute atomic E-state index is 0.0409. The standard InChI is InChI=1S/C19H22BrN5O.C2H4O2/c1-11(2)17(22)19(26)25-10-12(8-21)7-16(25)18-23-9-15(24-18)13-3-5-14(20)6-4-13;1-4-2-3/h3-6,9,11-12,16-17H,7,10,22H2,1-2H3,(H,23,24);2H,1H3. The normalized spacial score (nSPS) is 18.9. The number of nitrogens with zero attached hydrogens (tertiary/aromatic N) is 3. The lowest BCUT2D eigenvalue weighted by Crippen LogP contribution is -2.46. The van der Waals surface area contributed by atoms with Crippen LogP contribution in [0.5, 0.6) is 0 Å². The summed E-state index contributed by atoms with van der Waals surface area (Å²) in [6, 6.07) is 9.37. The molecule has 2 aromatic rings. The second-order valence-corrected chi connectivity index (χ2v) is 8.27. The molecule has 1 amide bonds. The Hall–Kier alpha value is -2.70. The van der Waals surface area contributed by atoms with Gasteiger partial charge in [0.1, 0.15) is 5.82 Å². The van der Waals surface area contributed by atoms with Crippen molar-refractivity contribution in [2.24, 2.45) is 17.6 Å². The highest BCUT2D eigenvalue weighted by molar-refractivity contribution is 9.10. The van der Waals surface area contributed by atoms with E-state index in [-0.39, 0.29) is 23.8 Å².